The quantitative estimate of drug-likeness (QED) is 0.557. The molecule has 1 aromatic carbocycles. The number of nitrogens with zero attached hydrogens (tertiary/aromatic N) is 4. The van der Waals surface area contributed by atoms with Crippen LogP contribution in [0.15, 0.2) is 61.2 Å². The molecular weight excluding hydrogens is 369 g/mol. The number of benzene rings is 1. The highest BCUT2D eigenvalue weighted by atomic mass is 19.1. The molecule has 4 rings (SSSR count). The van der Waals surface area contributed by atoms with E-state index in [4.69, 9.17) is 0 Å². The fourth-order valence-electron chi connectivity index (χ4n) is 3.35. The number of carbonyl (C=O) groups is 1. The van der Waals surface area contributed by atoms with Gasteiger partial charge in [-0.1, -0.05) is 6.92 Å². The molecule has 6 nitrogen and oxygen atoms in total. The second-order valence-corrected chi connectivity index (χ2v) is 6.82. The van der Waals surface area contributed by atoms with Crippen LogP contribution in [0, 0.1) is 12.7 Å². The molecule has 3 aromatic heterocycles. The Balaban J connectivity index is 1.67. The molecule has 0 aliphatic rings. The summed E-state index contributed by atoms with van der Waals surface area (Å²) in [6.07, 6.45) is 7.31. The molecule has 29 heavy (non-hydrogen) atoms. The summed E-state index contributed by atoms with van der Waals surface area (Å²) in [6.45, 7) is 3.94. The second kappa shape index (κ2) is 7.79. The van der Waals surface area contributed by atoms with Crippen LogP contribution in [0.5, 0.6) is 0 Å². The van der Waals surface area contributed by atoms with Gasteiger partial charge in [0.25, 0.3) is 5.91 Å². The predicted molar refractivity (Wildman–Crippen MR) is 108 cm³/mol. The van der Waals surface area contributed by atoms with Gasteiger partial charge in [0.2, 0.25) is 0 Å². The number of fused-ring (bicyclic) bond motifs is 1. The number of carbonyl (C=O) groups excluding carboxylic acids is 1. The van der Waals surface area contributed by atoms with Crippen LogP contribution < -0.4 is 5.32 Å². The normalized spacial score (nSPS) is 12.1. The van der Waals surface area contributed by atoms with E-state index in [1.807, 2.05) is 26.0 Å². The monoisotopic (exact) mass is 389 g/mol. The van der Waals surface area contributed by atoms with Crippen LogP contribution in [0.3, 0.4) is 0 Å². The first-order valence-electron chi connectivity index (χ1n) is 9.38. The smallest absolute Gasteiger partial charge is 0.254 e. The van der Waals surface area contributed by atoms with Gasteiger partial charge >= 0.3 is 0 Å². The van der Waals surface area contributed by atoms with Gasteiger partial charge in [-0.3, -0.25) is 14.8 Å². The number of amides is 1. The van der Waals surface area contributed by atoms with Crippen LogP contribution in [0.1, 0.15) is 41.0 Å². The molecule has 0 radical (unpaired) electrons. The molecule has 0 spiro atoms. The van der Waals surface area contributed by atoms with E-state index in [9.17, 15) is 9.18 Å². The molecule has 0 saturated carbocycles. The molecule has 0 saturated heterocycles. The van der Waals surface area contributed by atoms with Gasteiger partial charge in [0, 0.05) is 23.5 Å². The third-order valence-corrected chi connectivity index (χ3v) is 4.85. The second-order valence-electron chi connectivity index (χ2n) is 6.82. The Morgan fingerprint density at radius 1 is 1.17 bits per heavy atom. The van der Waals surface area contributed by atoms with Crippen molar-refractivity contribution >= 4 is 16.8 Å². The Morgan fingerprint density at radius 2 is 1.97 bits per heavy atom. The Morgan fingerprint density at radius 3 is 2.69 bits per heavy atom. The lowest BCUT2D eigenvalue weighted by Crippen LogP contribution is -2.28. The molecule has 1 amide bonds. The maximum Gasteiger partial charge on any atom is 0.254 e. The Bertz CT molecular complexity index is 1170. The van der Waals surface area contributed by atoms with Crippen molar-refractivity contribution < 1.29 is 9.18 Å². The minimum atomic E-state index is -0.319. The standard InChI is InChI=1S/C22H20FN5O/c1-3-20(15-8-9-25-14(2)10-15)27-22(29)19-11-24-13-21-18(19)12-26-28(21)17-6-4-16(23)5-7-17/h4-13,20H,3H2,1-2H3,(H,27,29). The maximum atomic E-state index is 13.2. The van der Waals surface area contributed by atoms with E-state index in [2.05, 4.69) is 20.4 Å². The van der Waals surface area contributed by atoms with Crippen molar-refractivity contribution in [2.75, 3.05) is 0 Å². The highest BCUT2D eigenvalue weighted by Gasteiger charge is 2.18. The van der Waals surface area contributed by atoms with Gasteiger partial charge in [-0.2, -0.15) is 5.10 Å². The summed E-state index contributed by atoms with van der Waals surface area (Å²) < 4.78 is 14.9. The number of hydrogen-bond acceptors (Lipinski definition) is 4. The van der Waals surface area contributed by atoms with Gasteiger partial charge in [0.1, 0.15) is 5.82 Å². The number of aryl methyl sites for hydroxylation is 1. The van der Waals surface area contributed by atoms with E-state index in [1.54, 1.807) is 41.6 Å². The molecule has 0 aliphatic carbocycles. The van der Waals surface area contributed by atoms with E-state index in [-0.39, 0.29) is 17.8 Å². The summed E-state index contributed by atoms with van der Waals surface area (Å²) in [5.41, 5.74) is 3.73. The molecule has 7 heteroatoms. The van der Waals surface area contributed by atoms with Gasteiger partial charge in [0.15, 0.2) is 0 Å². The summed E-state index contributed by atoms with van der Waals surface area (Å²) in [6, 6.07) is 9.75. The number of rotatable bonds is 5. The largest absolute Gasteiger partial charge is 0.345 e. The first kappa shape index (κ1) is 18.7. The number of pyridine rings is 2. The molecule has 0 fully saturated rings. The molecule has 1 atom stereocenters. The first-order valence-corrected chi connectivity index (χ1v) is 9.38. The molecule has 0 bridgehead atoms. The molecule has 4 aromatic rings. The Hall–Kier alpha value is -3.61. The summed E-state index contributed by atoms with van der Waals surface area (Å²) in [4.78, 5) is 21.5. The summed E-state index contributed by atoms with van der Waals surface area (Å²) in [5.74, 6) is -0.538. The fraction of sp³-hybridized carbons (Fsp3) is 0.182. The van der Waals surface area contributed by atoms with Crippen LogP contribution in [0.4, 0.5) is 4.39 Å². The van der Waals surface area contributed by atoms with Gasteiger partial charge < -0.3 is 5.32 Å². The summed E-state index contributed by atoms with van der Waals surface area (Å²) >= 11 is 0. The maximum absolute atomic E-state index is 13.2. The van der Waals surface area contributed by atoms with Crippen molar-refractivity contribution in [3.8, 4) is 5.69 Å². The van der Waals surface area contributed by atoms with E-state index in [0.29, 0.717) is 22.2 Å². The molecular formula is C22H20FN5O. The highest BCUT2D eigenvalue weighted by Crippen LogP contribution is 2.23. The zero-order valence-electron chi connectivity index (χ0n) is 16.1. The molecule has 146 valence electrons. The summed E-state index contributed by atoms with van der Waals surface area (Å²) in [5, 5.41) is 8.14. The average Bonchev–Trinajstić information content (AvgIpc) is 3.16. The van der Waals surface area contributed by atoms with Gasteiger partial charge in [-0.05, 0) is 55.3 Å². The van der Waals surface area contributed by atoms with Crippen molar-refractivity contribution in [3.63, 3.8) is 0 Å². The first-order chi connectivity index (χ1) is 14.1. The predicted octanol–water partition coefficient (Wildman–Crippen LogP) is 4.14. The van der Waals surface area contributed by atoms with Crippen molar-refractivity contribution in [2.45, 2.75) is 26.3 Å². The topological polar surface area (TPSA) is 72.7 Å². The van der Waals surface area contributed by atoms with Crippen molar-refractivity contribution in [2.24, 2.45) is 0 Å². The zero-order chi connectivity index (χ0) is 20.4. The lowest BCUT2D eigenvalue weighted by Gasteiger charge is -2.18. The molecule has 1 N–H and O–H groups in total. The minimum Gasteiger partial charge on any atom is -0.345 e. The van der Waals surface area contributed by atoms with E-state index >= 15 is 0 Å². The fourth-order valence-corrected chi connectivity index (χ4v) is 3.35. The Labute approximate surface area is 167 Å². The van der Waals surface area contributed by atoms with Gasteiger partial charge in [-0.25, -0.2) is 9.07 Å². The number of nitrogens with one attached hydrogen (secondary N) is 1. The van der Waals surface area contributed by atoms with E-state index < -0.39 is 0 Å². The van der Waals surface area contributed by atoms with Crippen molar-refractivity contribution in [1.29, 1.82) is 0 Å². The third-order valence-electron chi connectivity index (χ3n) is 4.85. The molecule has 0 aliphatic heterocycles. The molecule has 1 unspecified atom stereocenters. The van der Waals surface area contributed by atoms with Crippen LogP contribution in [-0.4, -0.2) is 25.7 Å². The lowest BCUT2D eigenvalue weighted by atomic mass is 10.0. The van der Waals surface area contributed by atoms with Gasteiger partial charge in [-0.15, -0.1) is 0 Å². The number of hydrogen-bond donors (Lipinski definition) is 1. The van der Waals surface area contributed by atoms with E-state index in [1.165, 1.54) is 12.1 Å². The third kappa shape index (κ3) is 3.71. The number of halogens is 1. The average molecular weight is 389 g/mol. The Kier molecular flexibility index (Phi) is 5.03. The minimum absolute atomic E-state index is 0.133. The number of aromatic nitrogens is 4. The summed E-state index contributed by atoms with van der Waals surface area (Å²) in [7, 11) is 0. The van der Waals surface area contributed by atoms with Crippen LogP contribution >= 0.6 is 0 Å². The lowest BCUT2D eigenvalue weighted by molar-refractivity contribution is 0.0937. The van der Waals surface area contributed by atoms with E-state index in [0.717, 1.165) is 17.7 Å². The van der Waals surface area contributed by atoms with Crippen LogP contribution in [0.2, 0.25) is 0 Å². The molecule has 3 heterocycles. The van der Waals surface area contributed by atoms with Gasteiger partial charge in [0.05, 0.1) is 35.2 Å². The zero-order valence-corrected chi connectivity index (χ0v) is 16.1. The SMILES string of the molecule is CCC(NC(=O)c1cncc2c1cnn2-c1ccc(F)cc1)c1ccnc(C)c1. The van der Waals surface area contributed by atoms with Crippen LogP contribution in [0.25, 0.3) is 16.6 Å². The van der Waals surface area contributed by atoms with Crippen molar-refractivity contribution in [1.82, 2.24) is 25.1 Å². The highest BCUT2D eigenvalue weighted by molar-refractivity contribution is 6.06. The van der Waals surface area contributed by atoms with Crippen molar-refractivity contribution in [3.05, 3.63) is 83.8 Å². The van der Waals surface area contributed by atoms with Crippen LogP contribution in [-0.2, 0) is 0 Å².